The first-order valence-corrected chi connectivity index (χ1v) is 9.87. The lowest BCUT2D eigenvalue weighted by Gasteiger charge is -2.36. The minimum Gasteiger partial charge on any atom is -0.357 e. The third-order valence-corrected chi connectivity index (χ3v) is 5.30. The molecule has 3 rings (SSSR count). The number of halogens is 1. The Morgan fingerprint density at radius 3 is 2.36 bits per heavy atom. The Hall–Kier alpha value is -1.61. The molecule has 0 atom stereocenters. The van der Waals surface area contributed by atoms with Crippen molar-refractivity contribution in [1.29, 1.82) is 0 Å². The second-order valence-electron chi connectivity index (χ2n) is 7.19. The summed E-state index contributed by atoms with van der Waals surface area (Å²) in [5, 5.41) is 7.97. The number of rotatable bonds is 5. The Bertz CT molecular complexity index is 763. The van der Waals surface area contributed by atoms with Gasteiger partial charge in [-0.1, -0.05) is 30.3 Å². The lowest BCUT2D eigenvalue weighted by molar-refractivity contribution is 0.172. The van der Waals surface area contributed by atoms with Gasteiger partial charge in [-0.15, -0.1) is 24.0 Å². The molecule has 1 aromatic carbocycles. The standard InChI is InChI=1S/C21H32N6.HI/c1-5-22-21(23-15-20-17(2)24-25(4)18(20)3)27-13-11-26(12-14-27)16-19-9-7-6-8-10-19;/h6-10H,5,11-16H2,1-4H3,(H,22,23);1H. The molecule has 1 saturated heterocycles. The normalized spacial score (nSPS) is 15.4. The lowest BCUT2D eigenvalue weighted by Crippen LogP contribution is -2.52. The summed E-state index contributed by atoms with van der Waals surface area (Å²) < 4.78 is 1.94. The van der Waals surface area contributed by atoms with E-state index in [4.69, 9.17) is 4.99 Å². The van der Waals surface area contributed by atoms with E-state index in [2.05, 4.69) is 71.3 Å². The summed E-state index contributed by atoms with van der Waals surface area (Å²) in [4.78, 5) is 9.81. The van der Waals surface area contributed by atoms with Crippen molar-refractivity contribution >= 4 is 29.9 Å². The number of piperazine rings is 1. The molecule has 154 valence electrons. The van der Waals surface area contributed by atoms with Crippen LogP contribution in [0.1, 0.15) is 29.4 Å². The van der Waals surface area contributed by atoms with E-state index in [1.165, 1.54) is 16.8 Å². The van der Waals surface area contributed by atoms with Crippen molar-refractivity contribution in [3.8, 4) is 0 Å². The van der Waals surface area contributed by atoms with E-state index in [9.17, 15) is 0 Å². The van der Waals surface area contributed by atoms with Crippen molar-refractivity contribution in [3.63, 3.8) is 0 Å². The van der Waals surface area contributed by atoms with Gasteiger partial charge in [0.2, 0.25) is 0 Å². The summed E-state index contributed by atoms with van der Waals surface area (Å²) in [6.07, 6.45) is 0. The van der Waals surface area contributed by atoms with Gasteiger partial charge in [-0.05, 0) is 26.3 Å². The third kappa shape index (κ3) is 5.70. The molecule has 28 heavy (non-hydrogen) atoms. The van der Waals surface area contributed by atoms with Crippen LogP contribution in [-0.4, -0.2) is 58.3 Å². The second kappa shape index (κ2) is 10.8. The Morgan fingerprint density at radius 2 is 1.79 bits per heavy atom. The van der Waals surface area contributed by atoms with Crippen LogP contribution in [-0.2, 0) is 20.1 Å². The maximum Gasteiger partial charge on any atom is 0.194 e. The molecule has 1 aliphatic rings. The van der Waals surface area contributed by atoms with Crippen molar-refractivity contribution in [2.24, 2.45) is 12.0 Å². The van der Waals surface area contributed by atoms with Gasteiger partial charge in [0.05, 0.1) is 12.2 Å². The van der Waals surface area contributed by atoms with Gasteiger partial charge in [0, 0.05) is 57.6 Å². The van der Waals surface area contributed by atoms with Crippen molar-refractivity contribution in [3.05, 3.63) is 52.8 Å². The van der Waals surface area contributed by atoms with Gasteiger partial charge in [-0.25, -0.2) is 4.99 Å². The van der Waals surface area contributed by atoms with Crippen LogP contribution in [0.15, 0.2) is 35.3 Å². The number of aliphatic imine (C=N–C) groups is 1. The molecule has 2 heterocycles. The molecule has 0 spiro atoms. The minimum atomic E-state index is 0. The number of hydrogen-bond acceptors (Lipinski definition) is 3. The number of guanidine groups is 1. The van der Waals surface area contributed by atoms with Gasteiger partial charge < -0.3 is 10.2 Å². The van der Waals surface area contributed by atoms with Gasteiger partial charge in [-0.2, -0.15) is 5.10 Å². The van der Waals surface area contributed by atoms with Crippen LogP contribution < -0.4 is 5.32 Å². The molecule has 0 bridgehead atoms. The van der Waals surface area contributed by atoms with Crippen LogP contribution in [0.4, 0.5) is 0 Å². The average molecular weight is 496 g/mol. The van der Waals surface area contributed by atoms with Crippen molar-refractivity contribution in [2.75, 3.05) is 32.7 Å². The number of benzene rings is 1. The topological polar surface area (TPSA) is 48.7 Å². The van der Waals surface area contributed by atoms with E-state index in [1.807, 2.05) is 11.7 Å². The summed E-state index contributed by atoms with van der Waals surface area (Å²) in [5.41, 5.74) is 4.88. The summed E-state index contributed by atoms with van der Waals surface area (Å²) in [5.74, 6) is 1.01. The Kier molecular flexibility index (Phi) is 8.75. The summed E-state index contributed by atoms with van der Waals surface area (Å²) in [6.45, 7) is 13.0. The Labute approximate surface area is 186 Å². The van der Waals surface area contributed by atoms with E-state index in [0.29, 0.717) is 6.54 Å². The maximum absolute atomic E-state index is 4.91. The van der Waals surface area contributed by atoms with Crippen LogP contribution in [0.25, 0.3) is 0 Å². The molecule has 1 fully saturated rings. The second-order valence-corrected chi connectivity index (χ2v) is 7.19. The summed E-state index contributed by atoms with van der Waals surface area (Å²) in [6, 6.07) is 10.7. The maximum atomic E-state index is 4.91. The monoisotopic (exact) mass is 496 g/mol. The number of hydrogen-bond donors (Lipinski definition) is 1. The van der Waals surface area contributed by atoms with Crippen molar-refractivity contribution in [2.45, 2.75) is 33.9 Å². The van der Waals surface area contributed by atoms with Crippen LogP contribution in [0, 0.1) is 13.8 Å². The predicted octanol–water partition coefficient (Wildman–Crippen LogP) is 2.94. The SMILES string of the molecule is CCNC(=NCc1c(C)nn(C)c1C)N1CCN(Cc2ccccc2)CC1.I. The molecule has 1 aromatic heterocycles. The predicted molar refractivity (Wildman–Crippen MR) is 126 cm³/mol. The first-order valence-electron chi connectivity index (χ1n) is 9.87. The number of aryl methyl sites for hydroxylation is 2. The zero-order valence-corrected chi connectivity index (χ0v) is 19.8. The first-order chi connectivity index (χ1) is 13.1. The van der Waals surface area contributed by atoms with Crippen molar-refractivity contribution in [1.82, 2.24) is 24.9 Å². The quantitative estimate of drug-likeness (QED) is 0.393. The van der Waals surface area contributed by atoms with Gasteiger partial charge in [0.15, 0.2) is 5.96 Å². The first kappa shape index (κ1) is 22.7. The summed E-state index contributed by atoms with van der Waals surface area (Å²) >= 11 is 0. The average Bonchev–Trinajstić information content (AvgIpc) is 2.92. The highest BCUT2D eigenvalue weighted by Gasteiger charge is 2.20. The molecule has 1 N–H and O–H groups in total. The fourth-order valence-electron chi connectivity index (χ4n) is 3.59. The summed E-state index contributed by atoms with van der Waals surface area (Å²) in [7, 11) is 1.99. The molecule has 0 radical (unpaired) electrons. The van der Waals surface area contributed by atoms with Crippen LogP contribution in [0.5, 0.6) is 0 Å². The van der Waals surface area contributed by atoms with Gasteiger partial charge in [0.25, 0.3) is 0 Å². The van der Waals surface area contributed by atoms with E-state index in [-0.39, 0.29) is 24.0 Å². The molecule has 0 aliphatic carbocycles. The molecule has 2 aromatic rings. The van der Waals surface area contributed by atoms with Gasteiger partial charge in [0.1, 0.15) is 0 Å². The largest absolute Gasteiger partial charge is 0.357 e. The molecule has 6 nitrogen and oxygen atoms in total. The molecule has 0 amide bonds. The lowest BCUT2D eigenvalue weighted by atomic mass is 10.2. The highest BCUT2D eigenvalue weighted by Crippen LogP contribution is 2.14. The van der Waals surface area contributed by atoms with Crippen molar-refractivity contribution < 1.29 is 0 Å². The highest BCUT2D eigenvalue weighted by atomic mass is 127. The highest BCUT2D eigenvalue weighted by molar-refractivity contribution is 14.0. The zero-order valence-electron chi connectivity index (χ0n) is 17.5. The molecule has 0 saturated carbocycles. The van der Waals surface area contributed by atoms with E-state index in [1.54, 1.807) is 0 Å². The molecule has 0 unspecified atom stereocenters. The zero-order chi connectivity index (χ0) is 19.2. The van der Waals surface area contributed by atoms with Crippen LogP contribution in [0.2, 0.25) is 0 Å². The minimum absolute atomic E-state index is 0. The van der Waals surface area contributed by atoms with E-state index in [0.717, 1.165) is 50.9 Å². The molecule has 7 heteroatoms. The van der Waals surface area contributed by atoms with Crippen LogP contribution in [0.3, 0.4) is 0 Å². The fourth-order valence-corrected chi connectivity index (χ4v) is 3.59. The molecular formula is C21H33IN6. The number of aromatic nitrogens is 2. The number of nitrogens with one attached hydrogen (secondary N) is 1. The van der Waals surface area contributed by atoms with Crippen LogP contribution >= 0.6 is 24.0 Å². The van der Waals surface area contributed by atoms with E-state index < -0.39 is 0 Å². The number of nitrogens with zero attached hydrogens (tertiary/aromatic N) is 5. The smallest absolute Gasteiger partial charge is 0.194 e. The Balaban J connectivity index is 0.00000280. The Morgan fingerprint density at radius 1 is 1.11 bits per heavy atom. The third-order valence-electron chi connectivity index (χ3n) is 5.30. The fraction of sp³-hybridized carbons (Fsp3) is 0.524. The van der Waals surface area contributed by atoms with Gasteiger partial charge >= 0.3 is 0 Å². The molecular weight excluding hydrogens is 463 g/mol. The van der Waals surface area contributed by atoms with E-state index >= 15 is 0 Å². The van der Waals surface area contributed by atoms with Gasteiger partial charge in [-0.3, -0.25) is 9.58 Å². The molecule has 1 aliphatic heterocycles.